The number of halogens is 1. The molecular weight excluding hydrogens is 331 g/mol. The zero-order chi connectivity index (χ0) is 17.8. The molecule has 6 nitrogen and oxygen atoms in total. The molecule has 3 heterocycles. The van der Waals surface area contributed by atoms with Crippen molar-refractivity contribution in [1.29, 1.82) is 0 Å². The predicted octanol–water partition coefficient (Wildman–Crippen LogP) is 2.56. The summed E-state index contributed by atoms with van der Waals surface area (Å²) in [6.45, 7) is 3.99. The highest BCUT2D eigenvalue weighted by Crippen LogP contribution is 2.19. The van der Waals surface area contributed by atoms with Crippen LogP contribution in [0.4, 0.5) is 10.3 Å². The summed E-state index contributed by atoms with van der Waals surface area (Å²) in [5, 5.41) is 7.76. The molecule has 1 aromatic carbocycles. The van der Waals surface area contributed by atoms with Crippen LogP contribution in [-0.4, -0.2) is 37.7 Å². The third-order valence-electron chi connectivity index (χ3n) is 4.55. The Labute approximate surface area is 151 Å². The smallest absolute Gasteiger partial charge is 0.222 e. The summed E-state index contributed by atoms with van der Waals surface area (Å²) in [6, 6.07) is 10.7. The van der Waals surface area contributed by atoms with Gasteiger partial charge in [-0.3, -0.25) is 9.58 Å². The van der Waals surface area contributed by atoms with Crippen molar-refractivity contribution in [2.75, 3.05) is 18.4 Å². The van der Waals surface area contributed by atoms with Gasteiger partial charge in [-0.15, -0.1) is 0 Å². The van der Waals surface area contributed by atoms with E-state index in [-0.39, 0.29) is 5.82 Å². The lowest BCUT2D eigenvalue weighted by atomic mass is 10.1. The quantitative estimate of drug-likeness (QED) is 0.765. The summed E-state index contributed by atoms with van der Waals surface area (Å²) in [4.78, 5) is 10.8. The number of fused-ring (bicyclic) bond motifs is 1. The van der Waals surface area contributed by atoms with Gasteiger partial charge in [0.15, 0.2) is 0 Å². The highest BCUT2D eigenvalue weighted by molar-refractivity contribution is 5.22. The normalized spacial score (nSPS) is 17.5. The van der Waals surface area contributed by atoms with Gasteiger partial charge in [0.25, 0.3) is 0 Å². The Morgan fingerprint density at radius 2 is 1.96 bits per heavy atom. The van der Waals surface area contributed by atoms with Crippen molar-refractivity contribution in [3.05, 3.63) is 72.1 Å². The number of nitrogens with one attached hydrogen (secondary N) is 1. The summed E-state index contributed by atoms with van der Waals surface area (Å²) in [5.74, 6) is 0.782. The van der Waals surface area contributed by atoms with E-state index in [1.165, 1.54) is 11.8 Å². The topological polar surface area (TPSA) is 58.9 Å². The summed E-state index contributed by atoms with van der Waals surface area (Å²) < 4.78 is 15.6. The number of hydrogen-bond donors (Lipinski definition) is 1. The minimum absolute atomic E-state index is 0.193. The molecular formula is C19H21FN6. The van der Waals surface area contributed by atoms with E-state index in [0.717, 1.165) is 31.7 Å². The van der Waals surface area contributed by atoms with E-state index in [9.17, 15) is 4.39 Å². The highest BCUT2D eigenvalue weighted by Gasteiger charge is 2.22. The minimum atomic E-state index is -0.193. The lowest BCUT2D eigenvalue weighted by molar-refractivity contribution is 0.225. The van der Waals surface area contributed by atoms with Gasteiger partial charge in [0.05, 0.1) is 5.69 Å². The second-order valence-corrected chi connectivity index (χ2v) is 6.62. The summed E-state index contributed by atoms with van der Waals surface area (Å²) in [6.07, 6.45) is 5.29. The van der Waals surface area contributed by atoms with E-state index >= 15 is 0 Å². The molecule has 0 spiro atoms. The highest BCUT2D eigenvalue weighted by atomic mass is 19.1. The fraction of sp³-hybridized carbons (Fsp3) is 0.316. The lowest BCUT2D eigenvalue weighted by Gasteiger charge is -2.24. The molecule has 0 saturated carbocycles. The molecule has 0 aliphatic carbocycles. The fourth-order valence-electron chi connectivity index (χ4n) is 3.39. The third kappa shape index (κ3) is 4.05. The Hall–Kier alpha value is -2.80. The Morgan fingerprint density at radius 3 is 2.81 bits per heavy atom. The fourth-order valence-corrected chi connectivity index (χ4v) is 3.39. The van der Waals surface area contributed by atoms with Gasteiger partial charge in [0.2, 0.25) is 5.95 Å². The Balaban J connectivity index is 1.48. The first-order chi connectivity index (χ1) is 12.8. The zero-order valence-electron chi connectivity index (χ0n) is 14.4. The van der Waals surface area contributed by atoms with Crippen LogP contribution in [0, 0.1) is 11.7 Å². The van der Waals surface area contributed by atoms with Gasteiger partial charge in [-0.1, -0.05) is 12.1 Å². The molecule has 0 bridgehead atoms. The lowest BCUT2D eigenvalue weighted by Crippen LogP contribution is -2.31. The average Bonchev–Trinajstić information content (AvgIpc) is 3.00. The molecule has 0 unspecified atom stereocenters. The van der Waals surface area contributed by atoms with Crippen LogP contribution in [0.2, 0.25) is 0 Å². The molecule has 1 aliphatic rings. The first kappa shape index (κ1) is 16.7. The summed E-state index contributed by atoms with van der Waals surface area (Å²) in [7, 11) is 0. The van der Waals surface area contributed by atoms with Crippen LogP contribution in [0.15, 0.2) is 55.0 Å². The third-order valence-corrected chi connectivity index (χ3v) is 4.55. The second-order valence-electron chi connectivity index (χ2n) is 6.62. The van der Waals surface area contributed by atoms with Crippen molar-refractivity contribution in [1.82, 2.24) is 24.6 Å². The molecule has 134 valence electrons. The van der Waals surface area contributed by atoms with Crippen molar-refractivity contribution < 1.29 is 4.39 Å². The van der Waals surface area contributed by atoms with Crippen LogP contribution >= 0.6 is 0 Å². The first-order valence-corrected chi connectivity index (χ1v) is 8.74. The van der Waals surface area contributed by atoms with Gasteiger partial charge >= 0.3 is 0 Å². The van der Waals surface area contributed by atoms with Crippen LogP contribution in [-0.2, 0) is 19.6 Å². The summed E-state index contributed by atoms with van der Waals surface area (Å²) in [5.41, 5.74) is 2.16. The molecule has 7 heteroatoms. The van der Waals surface area contributed by atoms with E-state index in [4.69, 9.17) is 0 Å². The van der Waals surface area contributed by atoms with E-state index in [1.54, 1.807) is 30.6 Å². The maximum atomic E-state index is 13.5. The molecule has 1 atom stereocenters. The van der Waals surface area contributed by atoms with E-state index < -0.39 is 0 Å². The van der Waals surface area contributed by atoms with Gasteiger partial charge in [-0.2, -0.15) is 5.10 Å². The van der Waals surface area contributed by atoms with Crippen LogP contribution in [0.5, 0.6) is 0 Å². The van der Waals surface area contributed by atoms with E-state index in [0.29, 0.717) is 18.4 Å². The molecule has 2 aromatic heterocycles. The van der Waals surface area contributed by atoms with Gasteiger partial charge in [-0.05, 0) is 29.8 Å². The van der Waals surface area contributed by atoms with E-state index in [2.05, 4.69) is 36.0 Å². The largest absolute Gasteiger partial charge is 0.354 e. The number of nitrogens with zero attached hydrogens (tertiary/aromatic N) is 5. The molecule has 0 radical (unpaired) electrons. The molecule has 1 aliphatic heterocycles. The van der Waals surface area contributed by atoms with Crippen molar-refractivity contribution in [3.8, 4) is 0 Å². The minimum Gasteiger partial charge on any atom is -0.354 e. The van der Waals surface area contributed by atoms with Gasteiger partial charge < -0.3 is 5.32 Å². The van der Waals surface area contributed by atoms with Gasteiger partial charge in [-0.25, -0.2) is 14.4 Å². The van der Waals surface area contributed by atoms with Crippen molar-refractivity contribution in [3.63, 3.8) is 0 Å². The maximum Gasteiger partial charge on any atom is 0.222 e. The Kier molecular flexibility index (Phi) is 4.88. The number of hydrogen-bond acceptors (Lipinski definition) is 5. The van der Waals surface area contributed by atoms with Gasteiger partial charge in [0, 0.05) is 57.2 Å². The maximum absolute atomic E-state index is 13.5. The molecule has 3 aromatic rings. The standard InChI is InChI=1S/C19H21FN6/c20-17-4-1-3-15(9-17)11-25-12-16(10-23-19-21-6-2-7-22-19)13-26-18(14-25)5-8-24-26/h1-9,16H,10-14H2,(H,21,22,23)/t16-/m1/s1. The SMILES string of the molecule is Fc1cccc(CN2Cc3ccnn3C[C@H](CNc3ncccn3)C2)c1. The first-order valence-electron chi connectivity index (χ1n) is 8.74. The van der Waals surface area contributed by atoms with Crippen LogP contribution < -0.4 is 5.32 Å². The average molecular weight is 352 g/mol. The zero-order valence-corrected chi connectivity index (χ0v) is 14.4. The molecule has 4 rings (SSSR count). The van der Waals surface area contributed by atoms with E-state index in [1.807, 2.05) is 12.3 Å². The molecule has 1 N–H and O–H groups in total. The number of rotatable bonds is 5. The monoisotopic (exact) mass is 352 g/mol. The second kappa shape index (κ2) is 7.61. The van der Waals surface area contributed by atoms with Crippen molar-refractivity contribution in [2.24, 2.45) is 5.92 Å². The summed E-state index contributed by atoms with van der Waals surface area (Å²) >= 11 is 0. The van der Waals surface area contributed by atoms with Crippen LogP contribution in [0.25, 0.3) is 0 Å². The Morgan fingerprint density at radius 1 is 1.08 bits per heavy atom. The molecule has 0 saturated heterocycles. The number of anilines is 1. The van der Waals surface area contributed by atoms with Crippen LogP contribution in [0.1, 0.15) is 11.3 Å². The van der Waals surface area contributed by atoms with Crippen LogP contribution in [0.3, 0.4) is 0 Å². The van der Waals surface area contributed by atoms with Crippen molar-refractivity contribution in [2.45, 2.75) is 19.6 Å². The molecule has 0 amide bonds. The number of benzene rings is 1. The number of aromatic nitrogens is 4. The van der Waals surface area contributed by atoms with Crippen molar-refractivity contribution >= 4 is 5.95 Å². The molecule has 0 fully saturated rings. The molecule has 26 heavy (non-hydrogen) atoms. The predicted molar refractivity (Wildman–Crippen MR) is 96.8 cm³/mol. The Bertz CT molecular complexity index is 850. The van der Waals surface area contributed by atoms with Gasteiger partial charge in [0.1, 0.15) is 5.82 Å².